The van der Waals surface area contributed by atoms with Crippen LogP contribution in [0.25, 0.3) is 10.1 Å². The second-order valence-corrected chi connectivity index (χ2v) is 12.7. The molecule has 0 radical (unpaired) electrons. The number of carbonyl (C=O) groups is 1. The van der Waals surface area contributed by atoms with E-state index in [-0.39, 0.29) is 11.5 Å². The summed E-state index contributed by atoms with van der Waals surface area (Å²) in [6, 6.07) is 7.25. The van der Waals surface area contributed by atoms with E-state index in [1.54, 1.807) is 11.3 Å². The average molecular weight is 518 g/mol. The Morgan fingerprint density at radius 2 is 2.06 bits per heavy atom. The Kier molecular flexibility index (Phi) is 5.64. The molecule has 1 saturated carbocycles. The van der Waals surface area contributed by atoms with Crippen LogP contribution in [0.15, 0.2) is 22.0 Å². The van der Waals surface area contributed by atoms with E-state index < -0.39 is 0 Å². The van der Waals surface area contributed by atoms with Crippen molar-refractivity contribution in [1.29, 1.82) is 0 Å². The van der Waals surface area contributed by atoms with Crippen LogP contribution < -0.4 is 0 Å². The highest BCUT2D eigenvalue weighted by atomic mass is 79.9. The molecule has 2 aliphatic carbocycles. The molecule has 4 atom stereocenters. The molecule has 1 amide bonds. The Balaban J connectivity index is 1.29. The summed E-state index contributed by atoms with van der Waals surface area (Å²) >= 11 is 5.57. The van der Waals surface area contributed by atoms with Gasteiger partial charge in [-0.25, -0.2) is 0 Å². The lowest BCUT2D eigenvalue weighted by Gasteiger charge is -2.49. The molecule has 32 heavy (non-hydrogen) atoms. The Labute approximate surface area is 203 Å². The van der Waals surface area contributed by atoms with Crippen LogP contribution in [0.4, 0.5) is 0 Å². The number of carbonyl (C=O) groups excluding carboxylic acids is 1. The van der Waals surface area contributed by atoms with Gasteiger partial charge in [-0.05, 0) is 104 Å². The number of ether oxygens (including phenoxy) is 1. The highest BCUT2D eigenvalue weighted by Crippen LogP contribution is 2.47. The molecule has 3 heterocycles. The van der Waals surface area contributed by atoms with Gasteiger partial charge < -0.3 is 9.64 Å². The number of nitrogens with zero attached hydrogens (tertiary/aromatic N) is 2. The predicted molar refractivity (Wildman–Crippen MR) is 134 cm³/mol. The molecule has 172 valence electrons. The second kappa shape index (κ2) is 8.37. The minimum Gasteiger partial charge on any atom is -0.375 e. The van der Waals surface area contributed by atoms with Crippen molar-refractivity contribution in [2.24, 2.45) is 0 Å². The zero-order valence-electron chi connectivity index (χ0n) is 18.9. The first kappa shape index (κ1) is 21.6. The van der Waals surface area contributed by atoms with Crippen LogP contribution in [0.3, 0.4) is 0 Å². The first-order valence-electron chi connectivity index (χ1n) is 12.4. The van der Waals surface area contributed by atoms with Gasteiger partial charge in [-0.1, -0.05) is 12.1 Å². The molecule has 1 aromatic carbocycles. The number of likely N-dealkylation sites (N-methyl/N-ethyl adjacent to an activating group) is 1. The molecule has 2 aliphatic heterocycles. The third-order valence-electron chi connectivity index (χ3n) is 8.71. The normalized spacial score (nSPS) is 32.8. The first-order valence-corrected chi connectivity index (χ1v) is 14.0. The Morgan fingerprint density at radius 1 is 1.22 bits per heavy atom. The van der Waals surface area contributed by atoms with Crippen LogP contribution in [-0.2, 0) is 16.0 Å². The van der Waals surface area contributed by atoms with E-state index in [2.05, 4.69) is 51.0 Å². The molecule has 6 rings (SSSR count). The molecular formula is C26H33BrN2O2S. The largest absolute Gasteiger partial charge is 0.375 e. The van der Waals surface area contributed by atoms with Crippen molar-refractivity contribution in [2.75, 3.05) is 26.7 Å². The molecule has 0 N–H and O–H groups in total. The minimum atomic E-state index is -0.0180. The van der Waals surface area contributed by atoms with E-state index in [4.69, 9.17) is 4.74 Å². The van der Waals surface area contributed by atoms with E-state index in [0.717, 1.165) is 38.7 Å². The van der Waals surface area contributed by atoms with Gasteiger partial charge in [0.25, 0.3) is 0 Å². The van der Waals surface area contributed by atoms with Crippen molar-refractivity contribution < 1.29 is 9.53 Å². The number of benzene rings is 1. The molecule has 3 fully saturated rings. The van der Waals surface area contributed by atoms with Crippen LogP contribution in [0.5, 0.6) is 0 Å². The Morgan fingerprint density at radius 3 is 2.84 bits per heavy atom. The van der Waals surface area contributed by atoms with Crippen molar-refractivity contribution in [3.05, 3.63) is 33.1 Å². The van der Waals surface area contributed by atoms with Gasteiger partial charge in [0.15, 0.2) is 0 Å². The van der Waals surface area contributed by atoms with Crippen molar-refractivity contribution in [2.45, 2.75) is 81.4 Å². The predicted octanol–water partition coefficient (Wildman–Crippen LogP) is 5.72. The van der Waals surface area contributed by atoms with E-state index in [0.29, 0.717) is 18.0 Å². The number of likely N-dealkylation sites (tertiary alicyclic amines) is 1. The van der Waals surface area contributed by atoms with Gasteiger partial charge in [0.1, 0.15) is 0 Å². The van der Waals surface area contributed by atoms with Gasteiger partial charge in [-0.2, -0.15) is 0 Å². The smallest absolute Gasteiger partial charge is 0.230 e. The SMILES string of the molecule is CN(C(=O)[C@@H]1CCc2c(Br)sc3cccc1c23)[C@H]1CC[C@]2(CCCO2)C[C@@H]1N1CCCC1. The summed E-state index contributed by atoms with van der Waals surface area (Å²) in [6.45, 7) is 3.26. The third-order valence-corrected chi connectivity index (χ3v) is 10.7. The highest BCUT2D eigenvalue weighted by Gasteiger charge is 2.48. The zero-order chi connectivity index (χ0) is 21.9. The van der Waals surface area contributed by atoms with E-state index in [1.165, 1.54) is 63.8 Å². The van der Waals surface area contributed by atoms with Crippen LogP contribution in [0.2, 0.25) is 0 Å². The fourth-order valence-electron chi connectivity index (χ4n) is 7.07. The van der Waals surface area contributed by atoms with E-state index in [9.17, 15) is 4.79 Å². The first-order chi connectivity index (χ1) is 15.6. The van der Waals surface area contributed by atoms with E-state index >= 15 is 0 Å². The summed E-state index contributed by atoms with van der Waals surface area (Å²) in [5.74, 6) is 0.304. The fourth-order valence-corrected chi connectivity index (χ4v) is 9.00. The standard InChI is InChI=1S/C26H33BrN2O2S/c1-28(20-10-12-26(11-5-15-31-26)16-21(20)29-13-2-3-14-29)25(30)18-8-9-19-23-17(18)6-4-7-22(23)32-24(19)27/h4,6-7,18,20-21H,2-3,5,8-16H2,1H3/t18-,20+,21+,26-/m1/s1. The monoisotopic (exact) mass is 516 g/mol. The summed E-state index contributed by atoms with van der Waals surface area (Å²) in [4.78, 5) is 18.8. The number of rotatable bonds is 3. The molecule has 6 heteroatoms. The van der Waals surface area contributed by atoms with Gasteiger partial charge in [0, 0.05) is 35.8 Å². The van der Waals surface area contributed by atoms with Gasteiger partial charge in [-0.3, -0.25) is 9.69 Å². The number of aryl methyl sites for hydroxylation is 1. The Hall–Kier alpha value is -0.950. The molecule has 1 aromatic heterocycles. The maximum atomic E-state index is 14.0. The number of thiophene rings is 1. The van der Waals surface area contributed by atoms with Gasteiger partial charge >= 0.3 is 0 Å². The summed E-state index contributed by atoms with van der Waals surface area (Å²) in [5.41, 5.74) is 2.72. The summed E-state index contributed by atoms with van der Waals surface area (Å²) in [5, 5.41) is 1.33. The van der Waals surface area contributed by atoms with Gasteiger partial charge in [-0.15, -0.1) is 11.3 Å². The topological polar surface area (TPSA) is 32.8 Å². The average Bonchev–Trinajstić information content (AvgIpc) is 3.56. The number of halogens is 1. The summed E-state index contributed by atoms with van der Waals surface area (Å²) < 4.78 is 8.86. The lowest BCUT2D eigenvalue weighted by molar-refractivity contribution is -0.139. The molecule has 4 nitrogen and oxygen atoms in total. The molecule has 2 aromatic rings. The number of amides is 1. The maximum Gasteiger partial charge on any atom is 0.230 e. The van der Waals surface area contributed by atoms with E-state index in [1.807, 2.05) is 0 Å². The molecule has 0 unspecified atom stereocenters. The van der Waals surface area contributed by atoms with Crippen molar-refractivity contribution in [1.82, 2.24) is 9.80 Å². The van der Waals surface area contributed by atoms with Crippen molar-refractivity contribution >= 4 is 43.3 Å². The minimum absolute atomic E-state index is 0.0180. The van der Waals surface area contributed by atoms with Crippen molar-refractivity contribution in [3.63, 3.8) is 0 Å². The number of hydrogen-bond acceptors (Lipinski definition) is 4. The molecule has 4 aliphatic rings. The van der Waals surface area contributed by atoms with Crippen molar-refractivity contribution in [3.8, 4) is 0 Å². The zero-order valence-corrected chi connectivity index (χ0v) is 21.3. The third kappa shape index (κ3) is 3.48. The second-order valence-electron chi connectivity index (χ2n) is 10.4. The molecule has 0 bridgehead atoms. The Bertz CT molecular complexity index is 1020. The van der Waals surface area contributed by atoms with Crippen LogP contribution in [-0.4, -0.2) is 60.1 Å². The van der Waals surface area contributed by atoms with Crippen LogP contribution in [0, 0.1) is 0 Å². The van der Waals surface area contributed by atoms with Crippen LogP contribution >= 0.6 is 27.3 Å². The molecular weight excluding hydrogens is 484 g/mol. The highest BCUT2D eigenvalue weighted by molar-refractivity contribution is 9.11. The molecule has 2 saturated heterocycles. The van der Waals surface area contributed by atoms with Crippen LogP contribution in [0.1, 0.15) is 68.4 Å². The fraction of sp³-hybridized carbons (Fsp3) is 0.654. The molecule has 1 spiro atoms. The lowest BCUT2D eigenvalue weighted by Crippen LogP contribution is -2.58. The quantitative estimate of drug-likeness (QED) is 0.522. The lowest BCUT2D eigenvalue weighted by atomic mass is 9.75. The van der Waals surface area contributed by atoms with Gasteiger partial charge in [0.2, 0.25) is 5.91 Å². The maximum absolute atomic E-state index is 14.0. The number of hydrogen-bond donors (Lipinski definition) is 0. The summed E-state index contributed by atoms with van der Waals surface area (Å²) in [7, 11) is 2.09. The van der Waals surface area contributed by atoms with Gasteiger partial charge in [0.05, 0.1) is 15.3 Å². The summed E-state index contributed by atoms with van der Waals surface area (Å²) in [6.07, 6.45) is 10.1.